The van der Waals surface area contributed by atoms with Gasteiger partial charge in [0.05, 0.1) is 0 Å². The Morgan fingerprint density at radius 3 is 2.54 bits per heavy atom. The molecule has 2 aliphatic carbocycles. The van der Waals surface area contributed by atoms with Crippen LogP contribution in [0.2, 0.25) is 0 Å². The van der Waals surface area contributed by atoms with Crippen LogP contribution in [0.3, 0.4) is 0 Å². The van der Waals surface area contributed by atoms with Crippen LogP contribution in [0.25, 0.3) is 0 Å². The van der Waals surface area contributed by atoms with E-state index in [1.54, 1.807) is 0 Å². The van der Waals surface area contributed by atoms with Gasteiger partial charge in [0.1, 0.15) is 0 Å². The summed E-state index contributed by atoms with van der Waals surface area (Å²) in [5.41, 5.74) is 7.09. The Morgan fingerprint density at radius 2 is 1.77 bits per heavy atom. The quantitative estimate of drug-likeness (QED) is 0.520. The second kappa shape index (κ2) is 3.02. The molecule has 0 fully saturated rings. The first-order valence-corrected chi connectivity index (χ1v) is 4.78. The van der Waals surface area contributed by atoms with Crippen LogP contribution in [0.1, 0.15) is 27.2 Å². The van der Waals surface area contributed by atoms with Crippen LogP contribution in [-0.2, 0) is 0 Å². The van der Waals surface area contributed by atoms with Crippen LogP contribution in [0.5, 0.6) is 0 Å². The molecule has 0 aromatic rings. The van der Waals surface area contributed by atoms with E-state index in [1.165, 1.54) is 27.9 Å². The van der Waals surface area contributed by atoms with Gasteiger partial charge < -0.3 is 0 Å². The summed E-state index contributed by atoms with van der Waals surface area (Å²) in [6, 6.07) is 0. The van der Waals surface area contributed by atoms with Gasteiger partial charge >= 0.3 is 0 Å². The lowest BCUT2D eigenvalue weighted by molar-refractivity contribution is 1.09. The molecule has 0 aromatic heterocycles. The summed E-state index contributed by atoms with van der Waals surface area (Å²) in [7, 11) is 0. The van der Waals surface area contributed by atoms with Crippen molar-refractivity contribution in [1.29, 1.82) is 0 Å². The standard InChI is InChI=1S/C13H15/c1-9-4-5-13-11(3)6-10(2)8-12(13)7-9/h4,6-8H,5H2,1-3H3. The second-order valence-electron chi connectivity index (χ2n) is 3.95. The lowest BCUT2D eigenvalue weighted by atomic mass is 9.83. The van der Waals surface area contributed by atoms with Crippen molar-refractivity contribution >= 4 is 0 Å². The minimum atomic E-state index is 1.10. The van der Waals surface area contributed by atoms with Crippen LogP contribution in [-0.4, -0.2) is 0 Å². The van der Waals surface area contributed by atoms with E-state index in [1.807, 2.05) is 0 Å². The fraction of sp³-hybridized carbons (Fsp3) is 0.308. The average Bonchev–Trinajstić information content (AvgIpc) is 2.02. The van der Waals surface area contributed by atoms with E-state index < -0.39 is 0 Å². The summed E-state index contributed by atoms with van der Waals surface area (Å²) >= 11 is 0. The smallest absolute Gasteiger partial charge is 0.0158 e. The molecule has 67 valence electrons. The Kier molecular flexibility index (Phi) is 1.99. The third-order valence-electron chi connectivity index (χ3n) is 2.66. The third kappa shape index (κ3) is 1.53. The van der Waals surface area contributed by atoms with Gasteiger partial charge in [-0.1, -0.05) is 29.4 Å². The summed E-state index contributed by atoms with van der Waals surface area (Å²) in [4.78, 5) is 0. The Bertz CT molecular complexity index is 359. The number of allylic oxidation sites excluding steroid dienone is 8. The highest BCUT2D eigenvalue weighted by Gasteiger charge is 2.15. The average molecular weight is 171 g/mol. The van der Waals surface area contributed by atoms with E-state index in [2.05, 4.69) is 45.4 Å². The first kappa shape index (κ1) is 8.55. The van der Waals surface area contributed by atoms with Crippen molar-refractivity contribution in [2.24, 2.45) is 0 Å². The SMILES string of the molecule is CC1=CC(C)=C2CC=C(C)C=C2[CH]1. The van der Waals surface area contributed by atoms with E-state index >= 15 is 0 Å². The number of hydrogen-bond donors (Lipinski definition) is 0. The van der Waals surface area contributed by atoms with Crippen LogP contribution >= 0.6 is 0 Å². The molecule has 0 N–H and O–H groups in total. The minimum Gasteiger partial charge on any atom is -0.0772 e. The van der Waals surface area contributed by atoms with Crippen LogP contribution < -0.4 is 0 Å². The van der Waals surface area contributed by atoms with Gasteiger partial charge in [-0.05, 0) is 43.9 Å². The lowest BCUT2D eigenvalue weighted by Gasteiger charge is -2.22. The predicted octanol–water partition coefficient (Wildman–Crippen LogP) is 3.74. The molecule has 0 unspecified atom stereocenters. The molecule has 2 rings (SSSR count). The van der Waals surface area contributed by atoms with Crippen molar-refractivity contribution in [3.63, 3.8) is 0 Å². The molecule has 0 saturated carbocycles. The van der Waals surface area contributed by atoms with E-state index in [0.717, 1.165) is 6.42 Å². The molecule has 0 bridgehead atoms. The number of hydrogen-bond acceptors (Lipinski definition) is 0. The minimum absolute atomic E-state index is 1.10. The van der Waals surface area contributed by atoms with Crippen LogP contribution in [0, 0.1) is 6.42 Å². The van der Waals surface area contributed by atoms with Gasteiger partial charge in [-0.2, -0.15) is 0 Å². The third-order valence-corrected chi connectivity index (χ3v) is 2.66. The molecule has 0 aliphatic heterocycles. The van der Waals surface area contributed by atoms with Gasteiger partial charge in [0, 0.05) is 6.42 Å². The van der Waals surface area contributed by atoms with Crippen molar-refractivity contribution in [1.82, 2.24) is 0 Å². The van der Waals surface area contributed by atoms with Crippen LogP contribution in [0.15, 0.2) is 46.1 Å². The van der Waals surface area contributed by atoms with Crippen molar-refractivity contribution in [2.45, 2.75) is 27.2 Å². The zero-order valence-corrected chi connectivity index (χ0v) is 8.52. The summed E-state index contributed by atoms with van der Waals surface area (Å²) in [5.74, 6) is 0. The summed E-state index contributed by atoms with van der Waals surface area (Å²) in [6.45, 7) is 6.53. The highest BCUT2D eigenvalue weighted by Crippen LogP contribution is 2.34. The highest BCUT2D eigenvalue weighted by atomic mass is 14.2. The van der Waals surface area contributed by atoms with Gasteiger partial charge in [0.15, 0.2) is 0 Å². The van der Waals surface area contributed by atoms with E-state index in [-0.39, 0.29) is 0 Å². The van der Waals surface area contributed by atoms with E-state index in [9.17, 15) is 0 Å². The molecule has 13 heavy (non-hydrogen) atoms. The Morgan fingerprint density at radius 1 is 1.00 bits per heavy atom. The maximum Gasteiger partial charge on any atom is 0.0158 e. The first-order valence-electron chi connectivity index (χ1n) is 4.78. The Labute approximate surface area is 80.3 Å². The molecule has 0 aromatic carbocycles. The van der Waals surface area contributed by atoms with Gasteiger partial charge in [0.2, 0.25) is 0 Å². The Hall–Kier alpha value is -1.04. The van der Waals surface area contributed by atoms with E-state index in [4.69, 9.17) is 0 Å². The number of rotatable bonds is 0. The molecule has 0 heterocycles. The van der Waals surface area contributed by atoms with Crippen molar-refractivity contribution in [3.05, 3.63) is 52.5 Å². The van der Waals surface area contributed by atoms with Gasteiger partial charge in [-0.3, -0.25) is 0 Å². The highest BCUT2D eigenvalue weighted by molar-refractivity contribution is 5.58. The molecule has 0 spiro atoms. The molecule has 0 amide bonds. The van der Waals surface area contributed by atoms with Crippen molar-refractivity contribution in [3.8, 4) is 0 Å². The van der Waals surface area contributed by atoms with Crippen molar-refractivity contribution in [2.75, 3.05) is 0 Å². The molecule has 1 radical (unpaired) electrons. The molecule has 2 aliphatic rings. The monoisotopic (exact) mass is 171 g/mol. The normalized spacial score (nSPS) is 21.9. The van der Waals surface area contributed by atoms with E-state index in [0.29, 0.717) is 0 Å². The van der Waals surface area contributed by atoms with Gasteiger partial charge in [-0.15, -0.1) is 0 Å². The molecule has 0 atom stereocenters. The zero-order valence-electron chi connectivity index (χ0n) is 8.52. The maximum absolute atomic E-state index is 2.30. The summed E-state index contributed by atoms with van der Waals surface area (Å²) < 4.78 is 0. The maximum atomic E-state index is 2.30. The predicted molar refractivity (Wildman–Crippen MR) is 57.2 cm³/mol. The number of fused-ring (bicyclic) bond motifs is 1. The van der Waals surface area contributed by atoms with Crippen molar-refractivity contribution < 1.29 is 0 Å². The zero-order chi connectivity index (χ0) is 9.42. The fourth-order valence-electron chi connectivity index (χ4n) is 2.01. The fourth-order valence-corrected chi connectivity index (χ4v) is 2.01. The topological polar surface area (TPSA) is 0 Å². The molecular formula is C13H15. The second-order valence-corrected chi connectivity index (χ2v) is 3.95. The molecule has 0 heteroatoms. The summed E-state index contributed by atoms with van der Waals surface area (Å²) in [5, 5.41) is 0. The largest absolute Gasteiger partial charge is 0.0772 e. The molecule has 0 saturated heterocycles. The van der Waals surface area contributed by atoms with Crippen LogP contribution in [0.4, 0.5) is 0 Å². The van der Waals surface area contributed by atoms with Gasteiger partial charge in [-0.25, -0.2) is 0 Å². The molecule has 0 nitrogen and oxygen atoms in total. The lowest BCUT2D eigenvalue weighted by Crippen LogP contribution is -2.03. The van der Waals surface area contributed by atoms with Gasteiger partial charge in [0.25, 0.3) is 0 Å². The first-order chi connectivity index (χ1) is 6.16. The Balaban J connectivity index is 2.45. The molecular weight excluding hydrogens is 156 g/mol. The summed E-state index contributed by atoms with van der Waals surface area (Å²) in [6.07, 6.45) is 10.2.